The van der Waals surface area contributed by atoms with Crippen LogP contribution in [0.4, 0.5) is 0 Å². The topological polar surface area (TPSA) is 70.2 Å². The van der Waals surface area contributed by atoms with E-state index in [4.69, 9.17) is 0 Å². The third kappa shape index (κ3) is 9.45. The SMILES string of the molecule is CCNCC(=O)NCCC(=O)NCC(C)C. The predicted molar refractivity (Wildman–Crippen MR) is 64.0 cm³/mol. The highest BCUT2D eigenvalue weighted by Gasteiger charge is 2.03. The lowest BCUT2D eigenvalue weighted by Gasteiger charge is -2.08. The molecule has 16 heavy (non-hydrogen) atoms. The molecule has 0 saturated carbocycles. The third-order valence-corrected chi connectivity index (χ3v) is 1.92. The highest BCUT2D eigenvalue weighted by atomic mass is 16.2. The van der Waals surface area contributed by atoms with Crippen molar-refractivity contribution in [3.8, 4) is 0 Å². The summed E-state index contributed by atoms with van der Waals surface area (Å²) in [6.45, 7) is 8.17. The standard InChI is InChI=1S/C11H23N3O2/c1-4-12-8-11(16)13-6-5-10(15)14-7-9(2)3/h9,12H,4-8H2,1-3H3,(H,13,16)(H,14,15). The van der Waals surface area contributed by atoms with Crippen molar-refractivity contribution in [2.45, 2.75) is 27.2 Å². The Balaban J connectivity index is 3.43. The molecule has 5 heteroatoms. The van der Waals surface area contributed by atoms with Gasteiger partial charge in [-0.1, -0.05) is 20.8 Å². The second kappa shape index (κ2) is 9.15. The van der Waals surface area contributed by atoms with E-state index in [0.717, 1.165) is 6.54 Å². The van der Waals surface area contributed by atoms with Crippen molar-refractivity contribution in [2.75, 3.05) is 26.2 Å². The van der Waals surface area contributed by atoms with Crippen LogP contribution in [-0.4, -0.2) is 38.0 Å². The fourth-order valence-corrected chi connectivity index (χ4v) is 1.02. The average Bonchev–Trinajstić information content (AvgIpc) is 2.23. The maximum absolute atomic E-state index is 11.3. The molecular formula is C11H23N3O2. The van der Waals surface area contributed by atoms with Crippen molar-refractivity contribution in [1.29, 1.82) is 0 Å². The number of likely N-dealkylation sites (N-methyl/N-ethyl adjacent to an activating group) is 1. The quantitative estimate of drug-likeness (QED) is 0.543. The predicted octanol–water partition coefficient (Wildman–Crippen LogP) is -0.126. The Kier molecular flexibility index (Phi) is 8.52. The van der Waals surface area contributed by atoms with Crippen LogP contribution in [0, 0.1) is 5.92 Å². The summed E-state index contributed by atoms with van der Waals surface area (Å²) in [6.07, 6.45) is 0.338. The first-order chi connectivity index (χ1) is 7.56. The van der Waals surface area contributed by atoms with E-state index in [1.165, 1.54) is 0 Å². The summed E-state index contributed by atoms with van der Waals surface area (Å²) in [4.78, 5) is 22.4. The van der Waals surface area contributed by atoms with Crippen LogP contribution < -0.4 is 16.0 Å². The Morgan fingerprint density at radius 1 is 1.12 bits per heavy atom. The molecule has 0 aromatic heterocycles. The van der Waals surface area contributed by atoms with E-state index < -0.39 is 0 Å². The summed E-state index contributed by atoms with van der Waals surface area (Å²) < 4.78 is 0. The second-order valence-corrected chi connectivity index (χ2v) is 4.08. The van der Waals surface area contributed by atoms with Gasteiger partial charge in [-0.25, -0.2) is 0 Å². The molecule has 3 N–H and O–H groups in total. The van der Waals surface area contributed by atoms with Gasteiger partial charge in [-0.15, -0.1) is 0 Å². The van der Waals surface area contributed by atoms with Gasteiger partial charge in [-0.05, 0) is 12.5 Å². The minimum Gasteiger partial charge on any atom is -0.356 e. The van der Waals surface area contributed by atoms with E-state index >= 15 is 0 Å². The number of hydrogen-bond donors (Lipinski definition) is 3. The maximum Gasteiger partial charge on any atom is 0.233 e. The summed E-state index contributed by atoms with van der Waals surface area (Å²) in [7, 11) is 0. The van der Waals surface area contributed by atoms with Crippen molar-refractivity contribution in [1.82, 2.24) is 16.0 Å². The molecule has 0 aliphatic heterocycles. The number of hydrogen-bond acceptors (Lipinski definition) is 3. The van der Waals surface area contributed by atoms with E-state index in [1.54, 1.807) is 0 Å². The molecule has 0 aliphatic rings. The average molecular weight is 229 g/mol. The Hall–Kier alpha value is -1.10. The number of amides is 2. The van der Waals surface area contributed by atoms with Crippen LogP contribution in [0.25, 0.3) is 0 Å². The molecule has 0 aromatic rings. The zero-order valence-electron chi connectivity index (χ0n) is 10.4. The lowest BCUT2D eigenvalue weighted by molar-refractivity contribution is -0.122. The van der Waals surface area contributed by atoms with Crippen LogP contribution in [0.15, 0.2) is 0 Å². The first kappa shape index (κ1) is 14.9. The van der Waals surface area contributed by atoms with Crippen molar-refractivity contribution in [2.24, 2.45) is 5.92 Å². The van der Waals surface area contributed by atoms with Crippen molar-refractivity contribution < 1.29 is 9.59 Å². The Morgan fingerprint density at radius 3 is 2.38 bits per heavy atom. The van der Waals surface area contributed by atoms with Crippen molar-refractivity contribution in [3.63, 3.8) is 0 Å². The Labute approximate surface area is 97.4 Å². The number of rotatable bonds is 8. The fourth-order valence-electron chi connectivity index (χ4n) is 1.02. The molecular weight excluding hydrogens is 206 g/mol. The van der Waals surface area contributed by atoms with E-state index in [1.807, 2.05) is 20.8 Å². The summed E-state index contributed by atoms with van der Waals surface area (Å²) in [5, 5.41) is 8.38. The molecule has 0 unspecified atom stereocenters. The highest BCUT2D eigenvalue weighted by molar-refractivity contribution is 5.80. The Morgan fingerprint density at radius 2 is 1.81 bits per heavy atom. The molecule has 0 rings (SSSR count). The maximum atomic E-state index is 11.3. The minimum atomic E-state index is -0.0708. The molecule has 0 fully saturated rings. The molecule has 0 saturated heterocycles. The molecule has 2 amide bonds. The van der Waals surface area contributed by atoms with Crippen LogP contribution in [0.2, 0.25) is 0 Å². The molecule has 5 nitrogen and oxygen atoms in total. The molecule has 0 spiro atoms. The van der Waals surface area contributed by atoms with E-state index in [0.29, 0.717) is 32.0 Å². The lowest BCUT2D eigenvalue weighted by atomic mass is 10.2. The van der Waals surface area contributed by atoms with Crippen LogP contribution in [0.1, 0.15) is 27.2 Å². The summed E-state index contributed by atoms with van der Waals surface area (Å²) in [5.41, 5.74) is 0. The number of nitrogens with one attached hydrogen (secondary N) is 3. The minimum absolute atomic E-state index is 0.0162. The van der Waals surface area contributed by atoms with Gasteiger partial charge in [0.25, 0.3) is 0 Å². The van der Waals surface area contributed by atoms with E-state index in [9.17, 15) is 9.59 Å². The fraction of sp³-hybridized carbons (Fsp3) is 0.818. The number of carbonyl (C=O) groups excluding carboxylic acids is 2. The monoisotopic (exact) mass is 229 g/mol. The van der Waals surface area contributed by atoms with Crippen molar-refractivity contribution in [3.05, 3.63) is 0 Å². The molecule has 0 radical (unpaired) electrons. The first-order valence-corrected chi connectivity index (χ1v) is 5.80. The van der Waals surface area contributed by atoms with E-state index in [-0.39, 0.29) is 11.8 Å². The Bertz CT molecular complexity index is 217. The van der Waals surface area contributed by atoms with Gasteiger partial charge in [0.15, 0.2) is 0 Å². The zero-order valence-corrected chi connectivity index (χ0v) is 10.4. The van der Waals surface area contributed by atoms with Gasteiger partial charge >= 0.3 is 0 Å². The molecule has 94 valence electrons. The van der Waals surface area contributed by atoms with Gasteiger partial charge in [-0.2, -0.15) is 0 Å². The van der Waals surface area contributed by atoms with E-state index in [2.05, 4.69) is 16.0 Å². The lowest BCUT2D eigenvalue weighted by Crippen LogP contribution is -2.36. The molecule has 0 aliphatic carbocycles. The van der Waals surface area contributed by atoms with Gasteiger partial charge < -0.3 is 16.0 Å². The third-order valence-electron chi connectivity index (χ3n) is 1.92. The van der Waals surface area contributed by atoms with Crippen LogP contribution in [-0.2, 0) is 9.59 Å². The molecule has 0 bridgehead atoms. The molecule has 0 heterocycles. The summed E-state index contributed by atoms with van der Waals surface area (Å²) >= 11 is 0. The van der Waals surface area contributed by atoms with Crippen LogP contribution in [0.3, 0.4) is 0 Å². The summed E-state index contributed by atoms with van der Waals surface area (Å²) in [5.74, 6) is 0.364. The largest absolute Gasteiger partial charge is 0.356 e. The zero-order chi connectivity index (χ0) is 12.4. The normalized spacial score (nSPS) is 10.2. The summed E-state index contributed by atoms with van der Waals surface area (Å²) in [6, 6.07) is 0. The molecule has 0 atom stereocenters. The van der Waals surface area contributed by atoms with Crippen LogP contribution >= 0.6 is 0 Å². The second-order valence-electron chi connectivity index (χ2n) is 4.08. The van der Waals surface area contributed by atoms with Gasteiger partial charge in [0, 0.05) is 19.5 Å². The number of carbonyl (C=O) groups is 2. The van der Waals surface area contributed by atoms with Crippen molar-refractivity contribution >= 4 is 11.8 Å². The van der Waals surface area contributed by atoms with Gasteiger partial charge in [-0.3, -0.25) is 9.59 Å². The van der Waals surface area contributed by atoms with Crippen LogP contribution in [0.5, 0.6) is 0 Å². The van der Waals surface area contributed by atoms with Gasteiger partial charge in [0.05, 0.1) is 6.54 Å². The smallest absolute Gasteiger partial charge is 0.233 e. The molecule has 0 aromatic carbocycles. The first-order valence-electron chi connectivity index (χ1n) is 5.80. The van der Waals surface area contributed by atoms with Gasteiger partial charge in [0.2, 0.25) is 11.8 Å². The van der Waals surface area contributed by atoms with Gasteiger partial charge in [0.1, 0.15) is 0 Å². The highest BCUT2D eigenvalue weighted by Crippen LogP contribution is 1.87.